The zero-order valence-corrected chi connectivity index (χ0v) is 17.3. The van der Waals surface area contributed by atoms with E-state index in [-0.39, 0.29) is 5.91 Å². The fourth-order valence-electron chi connectivity index (χ4n) is 4.01. The van der Waals surface area contributed by atoms with Crippen LogP contribution in [0.3, 0.4) is 0 Å². The third-order valence-corrected chi connectivity index (χ3v) is 6.29. The summed E-state index contributed by atoms with van der Waals surface area (Å²) in [6, 6.07) is 8.14. The van der Waals surface area contributed by atoms with Gasteiger partial charge in [0.25, 0.3) is 0 Å². The van der Waals surface area contributed by atoms with Crippen LogP contribution in [-0.4, -0.2) is 45.4 Å². The summed E-state index contributed by atoms with van der Waals surface area (Å²) >= 11 is 1.56. The number of carbonyl (C=O) groups is 1. The molecule has 0 radical (unpaired) electrons. The molecule has 1 aromatic carbocycles. The quantitative estimate of drug-likeness (QED) is 0.664. The Morgan fingerprint density at radius 2 is 2.21 bits per heavy atom. The minimum absolute atomic E-state index is 0.0285. The third kappa shape index (κ3) is 4.42. The van der Waals surface area contributed by atoms with E-state index >= 15 is 0 Å². The maximum absolute atomic E-state index is 12.5. The first kappa shape index (κ1) is 19.1. The molecule has 1 atom stereocenters. The van der Waals surface area contributed by atoms with Crippen molar-refractivity contribution < 1.29 is 4.79 Å². The van der Waals surface area contributed by atoms with Crippen LogP contribution in [0.1, 0.15) is 36.2 Å². The Balaban J connectivity index is 1.32. The Morgan fingerprint density at radius 3 is 3.00 bits per heavy atom. The fraction of sp³-hybridized carbons (Fsp3) is 0.476. The van der Waals surface area contributed by atoms with Gasteiger partial charge in [-0.1, -0.05) is 19.1 Å². The van der Waals surface area contributed by atoms with Gasteiger partial charge in [-0.25, -0.2) is 9.97 Å². The molecule has 4 rings (SSSR count). The highest BCUT2D eigenvalue weighted by Gasteiger charge is 2.23. The lowest BCUT2D eigenvalue weighted by atomic mass is 9.94. The summed E-state index contributed by atoms with van der Waals surface area (Å²) in [6.07, 6.45) is 4.13. The highest BCUT2D eigenvalue weighted by Crippen LogP contribution is 2.23. The van der Waals surface area contributed by atoms with Crippen LogP contribution < -0.4 is 5.32 Å². The number of benzene rings is 1. The number of H-pyrrole nitrogens is 1. The van der Waals surface area contributed by atoms with E-state index in [0.717, 1.165) is 60.0 Å². The van der Waals surface area contributed by atoms with Gasteiger partial charge < -0.3 is 10.3 Å². The molecule has 2 aromatic heterocycles. The number of anilines is 1. The van der Waals surface area contributed by atoms with Crippen LogP contribution in [0.25, 0.3) is 11.0 Å². The van der Waals surface area contributed by atoms with Crippen molar-refractivity contribution in [2.24, 2.45) is 5.92 Å². The van der Waals surface area contributed by atoms with E-state index in [1.54, 1.807) is 11.3 Å². The summed E-state index contributed by atoms with van der Waals surface area (Å²) < 4.78 is 0. The summed E-state index contributed by atoms with van der Waals surface area (Å²) in [7, 11) is 0. The molecular weight excluding hydrogens is 370 g/mol. The van der Waals surface area contributed by atoms with Crippen molar-refractivity contribution in [3.63, 3.8) is 0 Å². The van der Waals surface area contributed by atoms with Gasteiger partial charge in [0.2, 0.25) is 5.91 Å². The van der Waals surface area contributed by atoms with Crippen molar-refractivity contribution in [2.75, 3.05) is 25.0 Å². The smallest absolute Gasteiger partial charge is 0.240 e. The van der Waals surface area contributed by atoms with Gasteiger partial charge in [-0.3, -0.25) is 9.69 Å². The molecule has 0 unspecified atom stereocenters. The number of hydrogen-bond donors (Lipinski definition) is 2. The monoisotopic (exact) mass is 397 g/mol. The van der Waals surface area contributed by atoms with Gasteiger partial charge in [0.1, 0.15) is 5.82 Å². The molecule has 6 nitrogen and oxygen atoms in total. The van der Waals surface area contributed by atoms with Crippen LogP contribution in [0.4, 0.5) is 5.13 Å². The molecule has 3 heterocycles. The van der Waals surface area contributed by atoms with Crippen LogP contribution in [0.15, 0.2) is 24.3 Å². The number of hydrogen-bond acceptors (Lipinski definition) is 5. The zero-order chi connectivity index (χ0) is 19.5. The maximum Gasteiger partial charge on any atom is 0.240 e. The van der Waals surface area contributed by atoms with E-state index in [1.165, 1.54) is 11.3 Å². The first-order valence-corrected chi connectivity index (χ1v) is 10.8. The third-order valence-electron chi connectivity index (χ3n) is 5.36. The molecular formula is C21H27N5OS. The van der Waals surface area contributed by atoms with E-state index in [9.17, 15) is 4.79 Å². The Kier molecular flexibility index (Phi) is 5.73. The van der Waals surface area contributed by atoms with Crippen LogP contribution in [-0.2, 0) is 17.6 Å². The van der Waals surface area contributed by atoms with Crippen molar-refractivity contribution in [2.45, 2.75) is 39.5 Å². The maximum atomic E-state index is 12.5. The number of aromatic nitrogens is 3. The van der Waals surface area contributed by atoms with Gasteiger partial charge in [-0.15, -0.1) is 11.3 Å². The SMILES string of the molecule is CCc1nc(NC(=O)CN2CCC[C@@H](Cc3nc4ccccc4[nH]3)C2)sc1C. The minimum Gasteiger partial charge on any atom is -0.342 e. The summed E-state index contributed by atoms with van der Waals surface area (Å²) in [5.74, 6) is 1.60. The van der Waals surface area contributed by atoms with Crippen molar-refractivity contribution >= 4 is 33.4 Å². The van der Waals surface area contributed by atoms with Gasteiger partial charge in [-0.05, 0) is 50.8 Å². The molecule has 1 fully saturated rings. The number of rotatable bonds is 6. The van der Waals surface area contributed by atoms with Crippen molar-refractivity contribution in [1.82, 2.24) is 19.9 Å². The van der Waals surface area contributed by atoms with E-state index in [1.807, 2.05) is 18.2 Å². The molecule has 28 heavy (non-hydrogen) atoms. The summed E-state index contributed by atoms with van der Waals surface area (Å²) in [6.45, 7) is 6.47. The number of piperidine rings is 1. The van der Waals surface area contributed by atoms with E-state index in [2.05, 4.69) is 40.1 Å². The lowest BCUT2D eigenvalue weighted by Crippen LogP contribution is -2.41. The van der Waals surface area contributed by atoms with Gasteiger partial charge >= 0.3 is 0 Å². The number of likely N-dealkylation sites (tertiary alicyclic amines) is 1. The first-order chi connectivity index (χ1) is 13.6. The van der Waals surface area contributed by atoms with E-state index < -0.39 is 0 Å². The number of fused-ring (bicyclic) bond motifs is 1. The largest absolute Gasteiger partial charge is 0.342 e. The Labute approximate surface area is 169 Å². The van der Waals surface area contributed by atoms with Gasteiger partial charge in [0, 0.05) is 17.8 Å². The molecule has 1 aliphatic rings. The Bertz CT molecular complexity index is 930. The minimum atomic E-state index is 0.0285. The van der Waals surface area contributed by atoms with Crippen molar-refractivity contribution in [1.29, 1.82) is 0 Å². The van der Waals surface area contributed by atoms with Crippen LogP contribution in [0.2, 0.25) is 0 Å². The number of aromatic amines is 1. The zero-order valence-electron chi connectivity index (χ0n) is 16.5. The second-order valence-corrected chi connectivity index (χ2v) is 8.77. The highest BCUT2D eigenvalue weighted by molar-refractivity contribution is 7.15. The predicted octanol–water partition coefficient (Wildman–Crippen LogP) is 3.78. The van der Waals surface area contributed by atoms with Gasteiger partial charge in [0.05, 0.1) is 23.3 Å². The van der Waals surface area contributed by atoms with Crippen LogP contribution >= 0.6 is 11.3 Å². The van der Waals surface area contributed by atoms with Crippen molar-refractivity contribution in [3.05, 3.63) is 40.7 Å². The summed E-state index contributed by atoms with van der Waals surface area (Å²) in [5, 5.41) is 3.69. The van der Waals surface area contributed by atoms with Gasteiger partial charge in [0.15, 0.2) is 5.13 Å². The average Bonchev–Trinajstić information content (AvgIpc) is 3.23. The molecule has 7 heteroatoms. The number of aryl methyl sites for hydroxylation is 2. The molecule has 1 aliphatic heterocycles. The summed E-state index contributed by atoms with van der Waals surface area (Å²) in [5.41, 5.74) is 3.19. The molecule has 1 amide bonds. The topological polar surface area (TPSA) is 73.9 Å². The molecule has 148 valence electrons. The molecule has 0 spiro atoms. The first-order valence-electron chi connectivity index (χ1n) is 10.0. The predicted molar refractivity (Wildman–Crippen MR) is 114 cm³/mol. The van der Waals surface area contributed by atoms with Gasteiger partial charge in [-0.2, -0.15) is 0 Å². The number of amides is 1. The number of imidazole rings is 1. The normalized spacial score (nSPS) is 17.9. The standard InChI is InChI=1S/C21H27N5OS/c1-3-16-14(2)28-21(24-16)25-20(27)13-26-10-6-7-15(12-26)11-19-22-17-8-4-5-9-18(17)23-19/h4-5,8-9,15H,3,6-7,10-13H2,1-2H3,(H,22,23)(H,24,25,27)/t15-/m0/s1. The Morgan fingerprint density at radius 1 is 1.36 bits per heavy atom. The second-order valence-electron chi connectivity index (χ2n) is 7.57. The average molecular weight is 398 g/mol. The molecule has 0 saturated carbocycles. The summed E-state index contributed by atoms with van der Waals surface area (Å²) in [4.78, 5) is 28.6. The second kappa shape index (κ2) is 8.41. The number of nitrogens with one attached hydrogen (secondary N) is 2. The van der Waals surface area contributed by atoms with Crippen LogP contribution in [0, 0.1) is 12.8 Å². The number of para-hydroxylation sites is 2. The number of nitrogens with zero attached hydrogens (tertiary/aromatic N) is 3. The van der Waals surface area contributed by atoms with Crippen molar-refractivity contribution in [3.8, 4) is 0 Å². The molecule has 3 aromatic rings. The van der Waals surface area contributed by atoms with Crippen LogP contribution in [0.5, 0.6) is 0 Å². The Hall–Kier alpha value is -2.25. The number of thiazole rings is 1. The molecule has 1 saturated heterocycles. The number of carbonyl (C=O) groups excluding carboxylic acids is 1. The van der Waals surface area contributed by atoms with E-state index in [0.29, 0.717) is 12.5 Å². The highest BCUT2D eigenvalue weighted by atomic mass is 32.1. The molecule has 2 N–H and O–H groups in total. The van der Waals surface area contributed by atoms with E-state index in [4.69, 9.17) is 4.98 Å². The lowest BCUT2D eigenvalue weighted by Gasteiger charge is -2.31. The fourth-order valence-corrected chi connectivity index (χ4v) is 4.93. The molecule has 0 bridgehead atoms. The molecule has 0 aliphatic carbocycles. The lowest BCUT2D eigenvalue weighted by molar-refractivity contribution is -0.117.